The number of aryl methyl sites for hydroxylation is 1. The summed E-state index contributed by atoms with van der Waals surface area (Å²) in [5.74, 6) is -0.0500. The summed E-state index contributed by atoms with van der Waals surface area (Å²) < 4.78 is 0. The standard InChI is InChI=1S/C15H20N4O2/c1-10-7-17-12(8-16-10)9-19-11(2)13(20)18-15(14(19)21)5-3-4-6-15/h7-8,11H,3-6,9H2,1-2H3,(H,18,20). The third kappa shape index (κ3) is 2.39. The lowest BCUT2D eigenvalue weighted by molar-refractivity contribution is -0.154. The van der Waals surface area contributed by atoms with Crippen LogP contribution in [0.25, 0.3) is 0 Å². The van der Waals surface area contributed by atoms with E-state index < -0.39 is 11.6 Å². The fourth-order valence-electron chi connectivity index (χ4n) is 3.19. The molecule has 2 heterocycles. The van der Waals surface area contributed by atoms with Gasteiger partial charge in [0.2, 0.25) is 11.8 Å². The Hall–Kier alpha value is -1.98. The highest BCUT2D eigenvalue weighted by Gasteiger charge is 2.50. The fraction of sp³-hybridized carbons (Fsp3) is 0.600. The van der Waals surface area contributed by atoms with Crippen LogP contribution >= 0.6 is 0 Å². The van der Waals surface area contributed by atoms with Crippen molar-refractivity contribution in [3.05, 3.63) is 23.8 Å². The molecule has 6 heteroatoms. The lowest BCUT2D eigenvalue weighted by Gasteiger charge is -2.43. The summed E-state index contributed by atoms with van der Waals surface area (Å²) in [7, 11) is 0. The monoisotopic (exact) mass is 288 g/mol. The summed E-state index contributed by atoms with van der Waals surface area (Å²) in [5, 5.41) is 2.95. The molecule has 21 heavy (non-hydrogen) atoms. The molecule has 1 aromatic rings. The van der Waals surface area contributed by atoms with Crippen molar-refractivity contribution in [2.45, 2.75) is 57.7 Å². The minimum Gasteiger partial charge on any atom is -0.340 e. The lowest BCUT2D eigenvalue weighted by atomic mass is 9.91. The Kier molecular flexibility index (Phi) is 3.39. The minimum atomic E-state index is -0.679. The smallest absolute Gasteiger partial charge is 0.249 e. The average Bonchev–Trinajstić information content (AvgIpc) is 2.93. The Morgan fingerprint density at radius 1 is 1.29 bits per heavy atom. The topological polar surface area (TPSA) is 75.2 Å². The molecule has 0 bridgehead atoms. The van der Waals surface area contributed by atoms with Crippen LogP contribution < -0.4 is 5.32 Å². The van der Waals surface area contributed by atoms with Gasteiger partial charge >= 0.3 is 0 Å². The molecule has 2 amide bonds. The van der Waals surface area contributed by atoms with Crippen molar-refractivity contribution >= 4 is 11.8 Å². The van der Waals surface area contributed by atoms with E-state index >= 15 is 0 Å². The summed E-state index contributed by atoms with van der Waals surface area (Å²) in [6, 6.07) is -0.466. The third-order valence-corrected chi connectivity index (χ3v) is 4.50. The number of amides is 2. The number of carbonyl (C=O) groups excluding carboxylic acids is 2. The summed E-state index contributed by atoms with van der Waals surface area (Å²) >= 11 is 0. The van der Waals surface area contributed by atoms with Crippen molar-refractivity contribution in [2.75, 3.05) is 0 Å². The van der Waals surface area contributed by atoms with E-state index in [0.717, 1.165) is 31.4 Å². The average molecular weight is 288 g/mol. The molecule has 1 aliphatic heterocycles. The molecule has 2 aliphatic rings. The highest BCUT2D eigenvalue weighted by molar-refractivity contribution is 5.99. The zero-order valence-corrected chi connectivity index (χ0v) is 12.4. The van der Waals surface area contributed by atoms with Gasteiger partial charge in [-0.05, 0) is 26.7 Å². The van der Waals surface area contributed by atoms with Crippen molar-refractivity contribution in [1.29, 1.82) is 0 Å². The molecule has 1 unspecified atom stereocenters. The lowest BCUT2D eigenvalue weighted by Crippen LogP contribution is -2.68. The van der Waals surface area contributed by atoms with Crippen molar-refractivity contribution in [3.63, 3.8) is 0 Å². The van der Waals surface area contributed by atoms with Gasteiger partial charge in [0.15, 0.2) is 0 Å². The van der Waals surface area contributed by atoms with Crippen LogP contribution in [0.15, 0.2) is 12.4 Å². The van der Waals surface area contributed by atoms with Crippen molar-refractivity contribution < 1.29 is 9.59 Å². The van der Waals surface area contributed by atoms with Crippen molar-refractivity contribution in [1.82, 2.24) is 20.2 Å². The number of hydrogen-bond donors (Lipinski definition) is 1. The Balaban J connectivity index is 1.86. The number of nitrogens with zero attached hydrogens (tertiary/aromatic N) is 3. The molecular formula is C15H20N4O2. The quantitative estimate of drug-likeness (QED) is 0.879. The van der Waals surface area contributed by atoms with E-state index in [1.165, 1.54) is 0 Å². The first-order valence-electron chi connectivity index (χ1n) is 7.42. The highest BCUT2D eigenvalue weighted by Crippen LogP contribution is 2.35. The molecule has 2 fully saturated rings. The molecule has 1 atom stereocenters. The van der Waals surface area contributed by atoms with Crippen LogP contribution in [-0.4, -0.2) is 38.3 Å². The first-order valence-corrected chi connectivity index (χ1v) is 7.42. The summed E-state index contributed by atoms with van der Waals surface area (Å²) in [6.07, 6.45) is 6.79. The van der Waals surface area contributed by atoms with Crippen LogP contribution in [0, 0.1) is 6.92 Å². The molecule has 1 aliphatic carbocycles. The molecule has 1 spiro atoms. The minimum absolute atomic E-state index is 0.0227. The molecule has 0 aromatic carbocycles. The zero-order valence-electron chi connectivity index (χ0n) is 12.4. The zero-order chi connectivity index (χ0) is 15.0. The molecular weight excluding hydrogens is 268 g/mol. The molecule has 0 radical (unpaired) electrons. The number of rotatable bonds is 2. The first-order chi connectivity index (χ1) is 10.0. The van der Waals surface area contributed by atoms with Gasteiger partial charge in [-0.1, -0.05) is 12.8 Å². The number of aromatic nitrogens is 2. The maximum absolute atomic E-state index is 12.8. The van der Waals surface area contributed by atoms with Crippen LogP contribution in [0.4, 0.5) is 0 Å². The molecule has 3 rings (SSSR count). The number of nitrogens with one attached hydrogen (secondary N) is 1. The van der Waals surface area contributed by atoms with Crippen LogP contribution in [0.2, 0.25) is 0 Å². The van der Waals surface area contributed by atoms with E-state index in [9.17, 15) is 9.59 Å². The largest absolute Gasteiger partial charge is 0.340 e. The number of carbonyl (C=O) groups is 2. The fourth-order valence-corrected chi connectivity index (χ4v) is 3.19. The predicted molar refractivity (Wildman–Crippen MR) is 76.1 cm³/mol. The molecule has 1 saturated heterocycles. The number of hydrogen-bond acceptors (Lipinski definition) is 4. The van der Waals surface area contributed by atoms with Crippen LogP contribution in [0.1, 0.15) is 44.0 Å². The highest BCUT2D eigenvalue weighted by atomic mass is 16.2. The second-order valence-electron chi connectivity index (χ2n) is 6.04. The van der Waals surface area contributed by atoms with Crippen LogP contribution in [0.3, 0.4) is 0 Å². The van der Waals surface area contributed by atoms with Gasteiger partial charge in [0.25, 0.3) is 0 Å². The van der Waals surface area contributed by atoms with Gasteiger partial charge in [-0.3, -0.25) is 19.6 Å². The maximum Gasteiger partial charge on any atom is 0.249 e. The van der Waals surface area contributed by atoms with E-state index in [-0.39, 0.29) is 11.8 Å². The molecule has 112 valence electrons. The second kappa shape index (κ2) is 5.09. The van der Waals surface area contributed by atoms with Crippen LogP contribution in [-0.2, 0) is 16.1 Å². The second-order valence-corrected chi connectivity index (χ2v) is 6.04. The van der Waals surface area contributed by atoms with E-state index in [4.69, 9.17) is 0 Å². The Labute approximate surface area is 124 Å². The summed E-state index contributed by atoms with van der Waals surface area (Å²) in [6.45, 7) is 3.96. The Morgan fingerprint density at radius 2 is 2.00 bits per heavy atom. The van der Waals surface area contributed by atoms with Gasteiger partial charge in [0.05, 0.1) is 24.1 Å². The molecule has 6 nitrogen and oxygen atoms in total. The van der Waals surface area contributed by atoms with Gasteiger partial charge in [0.1, 0.15) is 11.6 Å². The van der Waals surface area contributed by atoms with E-state index in [1.54, 1.807) is 24.2 Å². The molecule has 1 aromatic heterocycles. The summed E-state index contributed by atoms with van der Waals surface area (Å²) in [4.78, 5) is 35.2. The maximum atomic E-state index is 12.8. The predicted octanol–water partition coefficient (Wildman–Crippen LogP) is 0.945. The third-order valence-electron chi connectivity index (χ3n) is 4.50. The Bertz CT molecular complexity index is 564. The van der Waals surface area contributed by atoms with Gasteiger partial charge in [-0.15, -0.1) is 0 Å². The molecule has 1 saturated carbocycles. The van der Waals surface area contributed by atoms with Gasteiger partial charge < -0.3 is 10.2 Å². The molecule has 1 N–H and O–H groups in total. The van der Waals surface area contributed by atoms with Crippen molar-refractivity contribution in [2.24, 2.45) is 0 Å². The van der Waals surface area contributed by atoms with Crippen molar-refractivity contribution in [3.8, 4) is 0 Å². The Morgan fingerprint density at radius 3 is 2.62 bits per heavy atom. The SMILES string of the molecule is Cc1cnc(CN2C(=O)C3(CCCC3)NC(=O)C2C)cn1. The number of piperazine rings is 1. The normalized spacial score (nSPS) is 24.5. The first kappa shape index (κ1) is 14.0. The summed E-state index contributed by atoms with van der Waals surface area (Å²) in [5.41, 5.74) is 0.868. The van der Waals surface area contributed by atoms with Gasteiger partial charge in [-0.2, -0.15) is 0 Å². The van der Waals surface area contributed by atoms with E-state index in [1.807, 2.05) is 6.92 Å². The van der Waals surface area contributed by atoms with E-state index in [2.05, 4.69) is 15.3 Å². The van der Waals surface area contributed by atoms with Crippen LogP contribution in [0.5, 0.6) is 0 Å². The van der Waals surface area contributed by atoms with Gasteiger partial charge in [-0.25, -0.2) is 0 Å². The van der Waals surface area contributed by atoms with E-state index in [0.29, 0.717) is 12.2 Å². The van der Waals surface area contributed by atoms with Gasteiger partial charge in [0, 0.05) is 6.20 Å².